The molecule has 0 aliphatic heterocycles. The number of thiophene rings is 2. The lowest BCUT2D eigenvalue weighted by molar-refractivity contribution is 0.867. The van der Waals surface area contributed by atoms with Crippen LogP contribution < -0.4 is 0 Å². The van der Waals surface area contributed by atoms with Crippen LogP contribution in [-0.4, -0.2) is 0 Å². The molecule has 0 radical (unpaired) electrons. The zero-order valence-corrected chi connectivity index (χ0v) is 16.0. The van der Waals surface area contributed by atoms with Gasteiger partial charge in [-0.05, 0) is 62.7 Å². The summed E-state index contributed by atoms with van der Waals surface area (Å²) < 4.78 is 0. The predicted molar refractivity (Wildman–Crippen MR) is 113 cm³/mol. The van der Waals surface area contributed by atoms with Gasteiger partial charge in [0.15, 0.2) is 0 Å². The topological polar surface area (TPSA) is 0 Å². The standard InChI is InChI=1S/C23H20S2/c1-16(2)19-13-20(15-21(14-19)23-6-4-12-25-23)17-7-9-18(10-8-17)22-5-3-11-24-22/h3-16H,1-2H3. The second-order valence-electron chi connectivity index (χ2n) is 6.53. The summed E-state index contributed by atoms with van der Waals surface area (Å²) in [5, 5.41) is 4.27. The molecule has 4 rings (SSSR count). The first kappa shape index (κ1) is 16.3. The van der Waals surface area contributed by atoms with Gasteiger partial charge in [0.05, 0.1) is 0 Å². The van der Waals surface area contributed by atoms with E-state index in [9.17, 15) is 0 Å². The normalized spacial score (nSPS) is 11.2. The molecule has 25 heavy (non-hydrogen) atoms. The molecule has 0 spiro atoms. The maximum Gasteiger partial charge on any atom is 0.0343 e. The second kappa shape index (κ2) is 6.99. The third-order valence-corrected chi connectivity index (χ3v) is 6.29. The lowest BCUT2D eigenvalue weighted by Gasteiger charge is -2.12. The molecule has 0 bridgehead atoms. The van der Waals surface area contributed by atoms with Crippen molar-refractivity contribution in [3.63, 3.8) is 0 Å². The van der Waals surface area contributed by atoms with Crippen LogP contribution in [0.1, 0.15) is 25.3 Å². The van der Waals surface area contributed by atoms with Crippen LogP contribution in [0.5, 0.6) is 0 Å². The van der Waals surface area contributed by atoms with Gasteiger partial charge in [-0.3, -0.25) is 0 Å². The first-order valence-electron chi connectivity index (χ1n) is 8.54. The molecular formula is C23H20S2. The van der Waals surface area contributed by atoms with Gasteiger partial charge in [0, 0.05) is 9.75 Å². The smallest absolute Gasteiger partial charge is 0.0343 e. The Hall–Kier alpha value is -2.16. The van der Waals surface area contributed by atoms with Crippen molar-refractivity contribution in [3.8, 4) is 32.0 Å². The van der Waals surface area contributed by atoms with Crippen molar-refractivity contribution >= 4 is 22.7 Å². The first-order chi connectivity index (χ1) is 12.2. The maximum atomic E-state index is 2.34. The number of rotatable bonds is 4. The van der Waals surface area contributed by atoms with Gasteiger partial charge in [-0.25, -0.2) is 0 Å². The Morgan fingerprint density at radius 1 is 0.600 bits per heavy atom. The van der Waals surface area contributed by atoms with Gasteiger partial charge in [-0.1, -0.05) is 62.4 Å². The summed E-state index contributed by atoms with van der Waals surface area (Å²) in [6, 6.07) is 24.5. The van der Waals surface area contributed by atoms with Crippen molar-refractivity contribution in [3.05, 3.63) is 83.1 Å². The van der Waals surface area contributed by atoms with Crippen molar-refractivity contribution in [1.82, 2.24) is 0 Å². The number of hydrogen-bond donors (Lipinski definition) is 0. The molecule has 0 unspecified atom stereocenters. The van der Waals surface area contributed by atoms with Crippen molar-refractivity contribution in [2.45, 2.75) is 19.8 Å². The Kier molecular flexibility index (Phi) is 4.56. The fourth-order valence-electron chi connectivity index (χ4n) is 3.01. The zero-order valence-electron chi connectivity index (χ0n) is 14.4. The van der Waals surface area contributed by atoms with Gasteiger partial charge in [0.2, 0.25) is 0 Å². The minimum absolute atomic E-state index is 0.518. The monoisotopic (exact) mass is 360 g/mol. The van der Waals surface area contributed by atoms with E-state index < -0.39 is 0 Å². The summed E-state index contributed by atoms with van der Waals surface area (Å²) in [6.45, 7) is 4.52. The summed E-state index contributed by atoms with van der Waals surface area (Å²) >= 11 is 3.59. The van der Waals surface area contributed by atoms with E-state index in [1.54, 1.807) is 22.7 Å². The van der Waals surface area contributed by atoms with E-state index in [2.05, 4.69) is 91.3 Å². The summed E-state index contributed by atoms with van der Waals surface area (Å²) in [6.07, 6.45) is 0. The molecule has 2 heterocycles. The van der Waals surface area contributed by atoms with Crippen molar-refractivity contribution < 1.29 is 0 Å². The molecule has 2 aromatic carbocycles. The van der Waals surface area contributed by atoms with Crippen LogP contribution in [-0.2, 0) is 0 Å². The molecule has 0 amide bonds. The summed E-state index contributed by atoms with van der Waals surface area (Å²) in [4.78, 5) is 2.65. The van der Waals surface area contributed by atoms with Crippen LogP contribution >= 0.6 is 22.7 Å². The van der Waals surface area contributed by atoms with Crippen LogP contribution in [0, 0.1) is 0 Å². The summed E-state index contributed by atoms with van der Waals surface area (Å²) in [7, 11) is 0. The summed E-state index contributed by atoms with van der Waals surface area (Å²) in [5.74, 6) is 0.518. The minimum atomic E-state index is 0.518. The Morgan fingerprint density at radius 3 is 1.72 bits per heavy atom. The quantitative estimate of drug-likeness (QED) is 0.346. The maximum absolute atomic E-state index is 2.34. The molecule has 124 valence electrons. The average Bonchev–Trinajstić information content (AvgIpc) is 3.35. The lowest BCUT2D eigenvalue weighted by atomic mass is 9.93. The van der Waals surface area contributed by atoms with Gasteiger partial charge in [-0.2, -0.15) is 0 Å². The van der Waals surface area contributed by atoms with Crippen molar-refractivity contribution in [1.29, 1.82) is 0 Å². The number of benzene rings is 2. The largest absolute Gasteiger partial charge is 0.144 e. The molecule has 2 aromatic heterocycles. The highest BCUT2D eigenvalue weighted by molar-refractivity contribution is 7.13. The van der Waals surface area contributed by atoms with Crippen LogP contribution in [0.4, 0.5) is 0 Å². The van der Waals surface area contributed by atoms with E-state index in [0.29, 0.717) is 5.92 Å². The molecule has 0 fully saturated rings. The summed E-state index contributed by atoms with van der Waals surface area (Å²) in [5.41, 5.74) is 6.58. The Labute approximate surface area is 157 Å². The van der Waals surface area contributed by atoms with Gasteiger partial charge < -0.3 is 0 Å². The molecule has 0 saturated heterocycles. The second-order valence-corrected chi connectivity index (χ2v) is 8.43. The van der Waals surface area contributed by atoms with Crippen LogP contribution in [0.15, 0.2) is 77.5 Å². The van der Waals surface area contributed by atoms with E-state index in [1.807, 2.05) is 0 Å². The molecule has 0 nitrogen and oxygen atoms in total. The zero-order chi connectivity index (χ0) is 17.2. The molecule has 0 aliphatic carbocycles. The highest BCUT2D eigenvalue weighted by Gasteiger charge is 2.09. The van der Waals surface area contributed by atoms with Gasteiger partial charge in [0.25, 0.3) is 0 Å². The highest BCUT2D eigenvalue weighted by atomic mass is 32.1. The van der Waals surface area contributed by atoms with Gasteiger partial charge in [0.1, 0.15) is 0 Å². The predicted octanol–water partition coefficient (Wildman–Crippen LogP) is 7.93. The first-order valence-corrected chi connectivity index (χ1v) is 10.3. The van der Waals surface area contributed by atoms with Crippen molar-refractivity contribution in [2.75, 3.05) is 0 Å². The SMILES string of the molecule is CC(C)c1cc(-c2ccc(-c3cccs3)cc2)cc(-c2cccs2)c1. The molecule has 0 atom stereocenters. The third-order valence-electron chi connectivity index (χ3n) is 4.45. The Morgan fingerprint density at radius 2 is 1.16 bits per heavy atom. The fourth-order valence-corrected chi connectivity index (χ4v) is 4.45. The highest BCUT2D eigenvalue weighted by Crippen LogP contribution is 2.34. The lowest BCUT2D eigenvalue weighted by Crippen LogP contribution is -1.90. The van der Waals surface area contributed by atoms with E-state index in [-0.39, 0.29) is 0 Å². The fraction of sp³-hybridized carbons (Fsp3) is 0.130. The molecule has 2 heteroatoms. The van der Waals surface area contributed by atoms with E-state index in [4.69, 9.17) is 0 Å². The van der Waals surface area contributed by atoms with Gasteiger partial charge in [-0.15, -0.1) is 22.7 Å². The minimum Gasteiger partial charge on any atom is -0.144 e. The molecule has 0 aliphatic rings. The van der Waals surface area contributed by atoms with Crippen molar-refractivity contribution in [2.24, 2.45) is 0 Å². The molecule has 0 saturated carbocycles. The van der Waals surface area contributed by atoms with Gasteiger partial charge >= 0.3 is 0 Å². The molecular weight excluding hydrogens is 340 g/mol. The average molecular weight is 361 g/mol. The molecule has 0 N–H and O–H groups in total. The number of hydrogen-bond acceptors (Lipinski definition) is 2. The van der Waals surface area contributed by atoms with E-state index in [1.165, 1.54) is 37.6 Å². The van der Waals surface area contributed by atoms with Crippen LogP contribution in [0.2, 0.25) is 0 Å². The van der Waals surface area contributed by atoms with Crippen LogP contribution in [0.3, 0.4) is 0 Å². The Bertz CT molecular complexity index is 944. The van der Waals surface area contributed by atoms with E-state index in [0.717, 1.165) is 0 Å². The Balaban J connectivity index is 1.76. The van der Waals surface area contributed by atoms with E-state index >= 15 is 0 Å². The molecule has 4 aromatic rings. The van der Waals surface area contributed by atoms with Crippen LogP contribution in [0.25, 0.3) is 32.0 Å². The third kappa shape index (κ3) is 3.46.